The number of aryl methyl sites for hydroxylation is 1. The van der Waals surface area contributed by atoms with Gasteiger partial charge in [-0.25, -0.2) is 0 Å². The van der Waals surface area contributed by atoms with Crippen molar-refractivity contribution in [3.63, 3.8) is 0 Å². The fraction of sp³-hybridized carbons (Fsp3) is 0.0400. The van der Waals surface area contributed by atoms with Crippen molar-refractivity contribution in [1.82, 2.24) is 9.38 Å². The number of nitriles is 1. The van der Waals surface area contributed by atoms with Crippen LogP contribution in [0.2, 0.25) is 5.02 Å². The van der Waals surface area contributed by atoms with Crippen molar-refractivity contribution in [1.29, 1.82) is 5.26 Å². The molecule has 4 rings (SSSR count). The van der Waals surface area contributed by atoms with Crippen molar-refractivity contribution in [2.75, 3.05) is 5.32 Å². The summed E-state index contributed by atoms with van der Waals surface area (Å²) in [5.41, 5.74) is 0.962. The van der Waals surface area contributed by atoms with E-state index in [1.54, 1.807) is 60.8 Å². The van der Waals surface area contributed by atoms with E-state index in [1.807, 2.05) is 25.1 Å². The number of halogens is 1. The molecule has 0 saturated carbocycles. The van der Waals surface area contributed by atoms with E-state index < -0.39 is 11.5 Å². The molecular formula is C25H17ClN4O3. The molecule has 0 unspecified atom stereocenters. The highest BCUT2D eigenvalue weighted by atomic mass is 35.5. The van der Waals surface area contributed by atoms with Crippen LogP contribution < -0.4 is 15.6 Å². The Bertz CT molecular complexity index is 1480. The number of carbonyl (C=O) groups excluding carboxylic acids is 1. The molecule has 2 aromatic heterocycles. The third-order valence-corrected chi connectivity index (χ3v) is 5.06. The lowest BCUT2D eigenvalue weighted by Gasteiger charge is -2.11. The van der Waals surface area contributed by atoms with Crippen molar-refractivity contribution < 1.29 is 9.53 Å². The van der Waals surface area contributed by atoms with Crippen LogP contribution in [0.3, 0.4) is 0 Å². The van der Waals surface area contributed by atoms with Crippen molar-refractivity contribution in [3.05, 3.63) is 105 Å². The summed E-state index contributed by atoms with van der Waals surface area (Å²) >= 11 is 5.93. The standard InChI is InChI=1S/C25H17ClN4O3/c1-16-6-2-3-7-21(16)28-23(31)17(15-27)14-20-24(33-19-11-9-18(26)10-12-19)29-22-8-4-5-13-30(22)25(20)32/h2-14H,1H3,(H,28,31). The topological polar surface area (TPSA) is 96.5 Å². The second-order valence-electron chi connectivity index (χ2n) is 7.06. The number of fused-ring (bicyclic) bond motifs is 1. The van der Waals surface area contributed by atoms with Crippen LogP contribution in [0.25, 0.3) is 11.7 Å². The van der Waals surface area contributed by atoms with Crippen LogP contribution in [-0.2, 0) is 4.79 Å². The van der Waals surface area contributed by atoms with Gasteiger partial charge >= 0.3 is 0 Å². The highest BCUT2D eigenvalue weighted by Crippen LogP contribution is 2.25. The summed E-state index contributed by atoms with van der Waals surface area (Å²) in [6.45, 7) is 1.84. The molecule has 0 radical (unpaired) electrons. The third-order valence-electron chi connectivity index (χ3n) is 4.81. The van der Waals surface area contributed by atoms with Crippen LogP contribution >= 0.6 is 11.6 Å². The number of amides is 1. The number of rotatable bonds is 5. The summed E-state index contributed by atoms with van der Waals surface area (Å²) in [7, 11) is 0. The first kappa shape index (κ1) is 21.8. The van der Waals surface area contributed by atoms with Crippen LogP contribution in [0.5, 0.6) is 11.6 Å². The highest BCUT2D eigenvalue weighted by molar-refractivity contribution is 6.30. The van der Waals surface area contributed by atoms with E-state index in [-0.39, 0.29) is 17.0 Å². The number of anilines is 1. The Balaban J connectivity index is 1.81. The van der Waals surface area contributed by atoms with Gasteiger partial charge in [-0.2, -0.15) is 10.2 Å². The predicted octanol–water partition coefficient (Wildman–Crippen LogP) is 4.99. The molecule has 0 saturated heterocycles. The quantitative estimate of drug-likeness (QED) is 0.337. The number of para-hydroxylation sites is 1. The maximum Gasteiger partial charge on any atom is 0.269 e. The molecule has 0 spiro atoms. The lowest BCUT2D eigenvalue weighted by Crippen LogP contribution is -2.20. The second kappa shape index (κ2) is 9.39. The van der Waals surface area contributed by atoms with Gasteiger partial charge in [0.25, 0.3) is 11.5 Å². The lowest BCUT2D eigenvalue weighted by atomic mass is 10.1. The van der Waals surface area contributed by atoms with E-state index in [1.165, 1.54) is 10.5 Å². The molecule has 0 aliphatic rings. The Morgan fingerprint density at radius 2 is 1.85 bits per heavy atom. The number of hydrogen-bond donors (Lipinski definition) is 1. The molecule has 2 aromatic carbocycles. The summed E-state index contributed by atoms with van der Waals surface area (Å²) in [4.78, 5) is 30.4. The molecule has 4 aromatic rings. The lowest BCUT2D eigenvalue weighted by molar-refractivity contribution is -0.112. The summed E-state index contributed by atoms with van der Waals surface area (Å²) in [5, 5.41) is 12.9. The van der Waals surface area contributed by atoms with E-state index in [2.05, 4.69) is 10.3 Å². The minimum atomic E-state index is -0.651. The minimum Gasteiger partial charge on any atom is -0.438 e. The Morgan fingerprint density at radius 3 is 2.58 bits per heavy atom. The van der Waals surface area contributed by atoms with E-state index in [4.69, 9.17) is 16.3 Å². The van der Waals surface area contributed by atoms with Gasteiger partial charge in [0.2, 0.25) is 5.88 Å². The van der Waals surface area contributed by atoms with Gasteiger partial charge < -0.3 is 10.1 Å². The van der Waals surface area contributed by atoms with Crippen LogP contribution in [0.1, 0.15) is 11.1 Å². The summed E-state index contributed by atoms with van der Waals surface area (Å²) in [5.74, 6) is -0.295. The first-order valence-corrected chi connectivity index (χ1v) is 10.3. The summed E-state index contributed by atoms with van der Waals surface area (Å²) in [6, 6.07) is 20.6. The molecule has 0 fully saturated rings. The molecule has 2 heterocycles. The zero-order valence-electron chi connectivity index (χ0n) is 17.4. The zero-order valence-corrected chi connectivity index (χ0v) is 18.2. The van der Waals surface area contributed by atoms with E-state index in [0.29, 0.717) is 22.1 Å². The Hall–Kier alpha value is -4.41. The van der Waals surface area contributed by atoms with Crippen molar-refractivity contribution >= 4 is 34.9 Å². The number of benzene rings is 2. The number of ether oxygens (including phenoxy) is 1. The molecule has 1 N–H and O–H groups in total. The van der Waals surface area contributed by atoms with E-state index in [0.717, 1.165) is 5.56 Å². The molecule has 0 aliphatic heterocycles. The van der Waals surface area contributed by atoms with Gasteiger partial charge in [-0.3, -0.25) is 14.0 Å². The molecule has 0 aliphatic carbocycles. The first-order valence-electron chi connectivity index (χ1n) is 9.90. The number of hydrogen-bond acceptors (Lipinski definition) is 5. The van der Waals surface area contributed by atoms with Gasteiger partial charge in [-0.1, -0.05) is 35.9 Å². The number of nitrogens with zero attached hydrogens (tertiary/aromatic N) is 3. The fourth-order valence-corrected chi connectivity index (χ4v) is 3.22. The molecule has 0 bridgehead atoms. The molecule has 1 amide bonds. The van der Waals surface area contributed by atoms with Crippen LogP contribution in [0, 0.1) is 18.3 Å². The number of pyridine rings is 1. The third kappa shape index (κ3) is 4.76. The second-order valence-corrected chi connectivity index (χ2v) is 7.50. The average Bonchev–Trinajstić information content (AvgIpc) is 2.82. The molecular weight excluding hydrogens is 440 g/mol. The van der Waals surface area contributed by atoms with Crippen molar-refractivity contribution in [2.45, 2.75) is 6.92 Å². The van der Waals surface area contributed by atoms with Crippen LogP contribution in [0.15, 0.2) is 83.3 Å². The minimum absolute atomic E-state index is 0.0369. The molecule has 0 atom stereocenters. The SMILES string of the molecule is Cc1ccccc1NC(=O)C(C#N)=Cc1c(Oc2ccc(Cl)cc2)nc2ccccn2c1=O. The number of aromatic nitrogens is 2. The predicted molar refractivity (Wildman–Crippen MR) is 126 cm³/mol. The van der Waals surface area contributed by atoms with Crippen molar-refractivity contribution in [3.8, 4) is 17.7 Å². The maximum atomic E-state index is 13.2. The highest BCUT2D eigenvalue weighted by Gasteiger charge is 2.18. The smallest absolute Gasteiger partial charge is 0.269 e. The van der Waals surface area contributed by atoms with Gasteiger partial charge in [0.1, 0.15) is 28.6 Å². The number of carbonyl (C=O) groups is 1. The van der Waals surface area contributed by atoms with Gasteiger partial charge in [-0.15, -0.1) is 0 Å². The fourth-order valence-electron chi connectivity index (χ4n) is 3.09. The van der Waals surface area contributed by atoms with Gasteiger partial charge in [0.05, 0.1) is 0 Å². The normalized spacial score (nSPS) is 11.1. The Kier molecular flexibility index (Phi) is 6.20. The molecule has 7 nitrogen and oxygen atoms in total. The summed E-state index contributed by atoms with van der Waals surface area (Å²) < 4.78 is 7.16. The maximum absolute atomic E-state index is 13.2. The van der Waals surface area contributed by atoms with Crippen molar-refractivity contribution in [2.24, 2.45) is 0 Å². The zero-order chi connectivity index (χ0) is 23.4. The molecule has 162 valence electrons. The first-order chi connectivity index (χ1) is 16.0. The Morgan fingerprint density at radius 1 is 1.12 bits per heavy atom. The monoisotopic (exact) mass is 456 g/mol. The van der Waals surface area contributed by atoms with E-state index >= 15 is 0 Å². The average molecular weight is 457 g/mol. The van der Waals surface area contributed by atoms with Gasteiger partial charge in [-0.05, 0) is 61.0 Å². The largest absolute Gasteiger partial charge is 0.438 e. The van der Waals surface area contributed by atoms with Crippen LogP contribution in [0.4, 0.5) is 5.69 Å². The van der Waals surface area contributed by atoms with Gasteiger partial charge in [0.15, 0.2) is 0 Å². The summed E-state index contributed by atoms with van der Waals surface area (Å²) in [6.07, 6.45) is 2.74. The van der Waals surface area contributed by atoms with Crippen LogP contribution in [-0.4, -0.2) is 15.3 Å². The molecule has 33 heavy (non-hydrogen) atoms. The Labute approximate surface area is 194 Å². The van der Waals surface area contributed by atoms with Gasteiger partial charge in [0, 0.05) is 16.9 Å². The van der Waals surface area contributed by atoms with E-state index in [9.17, 15) is 14.9 Å². The number of nitrogens with one attached hydrogen (secondary N) is 1. The molecule has 8 heteroatoms.